The lowest BCUT2D eigenvalue weighted by Crippen LogP contribution is -2.42. The van der Waals surface area contributed by atoms with E-state index in [1.54, 1.807) is 4.67 Å². The second-order valence-electron chi connectivity index (χ2n) is 4.03. The molecule has 96 valence electrons. The van der Waals surface area contributed by atoms with Crippen LogP contribution in [0.25, 0.3) is 0 Å². The summed E-state index contributed by atoms with van der Waals surface area (Å²) in [6, 6.07) is 0.183. The molecule has 0 saturated carbocycles. The molecule has 1 saturated heterocycles. The van der Waals surface area contributed by atoms with Crippen LogP contribution in [0.15, 0.2) is 0 Å². The molecule has 0 radical (unpaired) electrons. The number of halogens is 2. The van der Waals surface area contributed by atoms with Crippen molar-refractivity contribution in [3.63, 3.8) is 0 Å². The zero-order valence-corrected chi connectivity index (χ0v) is 12.1. The summed E-state index contributed by atoms with van der Waals surface area (Å²) < 4.78 is 19.9. The Morgan fingerprint density at radius 2 is 1.94 bits per heavy atom. The van der Waals surface area contributed by atoms with Gasteiger partial charge in [0.15, 0.2) is 0 Å². The molecule has 0 spiro atoms. The fraction of sp³-hybridized carbons (Fsp3) is 1.00. The summed E-state index contributed by atoms with van der Waals surface area (Å²) in [4.78, 5) is 0. The first-order chi connectivity index (χ1) is 7.51. The molecule has 1 aliphatic heterocycles. The maximum Gasteiger partial charge on any atom is 0.343 e. The lowest BCUT2D eigenvalue weighted by Gasteiger charge is -2.38. The molecule has 4 nitrogen and oxygen atoms in total. The van der Waals surface area contributed by atoms with Crippen molar-refractivity contribution in [1.82, 2.24) is 9.76 Å². The normalized spacial score (nSPS) is 35.6. The zero-order chi connectivity index (χ0) is 12.2. The third kappa shape index (κ3) is 3.86. The molecule has 0 bridgehead atoms. The van der Waals surface area contributed by atoms with Gasteiger partial charge in [-0.2, -0.15) is 0 Å². The Hall–Kier alpha value is 0.690. The van der Waals surface area contributed by atoms with Crippen LogP contribution in [0.3, 0.4) is 0 Å². The predicted octanol–water partition coefficient (Wildman–Crippen LogP) is 2.66. The van der Waals surface area contributed by atoms with Crippen LogP contribution in [-0.4, -0.2) is 41.7 Å². The van der Waals surface area contributed by atoms with Gasteiger partial charge in [-0.15, -0.1) is 23.2 Å². The minimum absolute atomic E-state index is 0.00441. The number of nitrogens with one attached hydrogen (secondary N) is 1. The predicted molar refractivity (Wildman–Crippen MR) is 68.4 cm³/mol. The maximum absolute atomic E-state index is 12.6. The molecule has 0 aromatic rings. The van der Waals surface area contributed by atoms with E-state index in [1.807, 2.05) is 13.8 Å². The summed E-state index contributed by atoms with van der Waals surface area (Å²) in [5, 5.41) is 3.03. The Balaban J connectivity index is 2.74. The van der Waals surface area contributed by atoms with Crippen molar-refractivity contribution in [2.24, 2.45) is 0 Å². The van der Waals surface area contributed by atoms with Crippen LogP contribution in [0.5, 0.6) is 0 Å². The Morgan fingerprint density at radius 3 is 2.38 bits per heavy atom. The Bertz CT molecular complexity index is 248. The number of nitrogens with zero attached hydrogens (tertiary/aromatic N) is 1. The lowest BCUT2D eigenvalue weighted by atomic mass is 10.2. The first-order valence-electron chi connectivity index (χ1n) is 5.45. The third-order valence-corrected chi connectivity index (χ3v) is 5.34. The highest BCUT2D eigenvalue weighted by atomic mass is 35.5. The summed E-state index contributed by atoms with van der Waals surface area (Å²) in [7, 11) is -2.95. The average Bonchev–Trinajstić information content (AvgIpc) is 2.15. The van der Waals surface area contributed by atoms with E-state index >= 15 is 0 Å². The van der Waals surface area contributed by atoms with E-state index < -0.39 is 7.67 Å². The van der Waals surface area contributed by atoms with E-state index in [1.165, 1.54) is 0 Å². The molecule has 0 aromatic heterocycles. The average molecular weight is 289 g/mol. The van der Waals surface area contributed by atoms with Crippen molar-refractivity contribution in [1.29, 1.82) is 0 Å². The van der Waals surface area contributed by atoms with Crippen LogP contribution in [0.1, 0.15) is 20.3 Å². The summed E-state index contributed by atoms with van der Waals surface area (Å²) in [6.45, 7) is 4.96. The molecule has 1 fully saturated rings. The molecule has 1 heterocycles. The molecule has 0 amide bonds. The van der Waals surface area contributed by atoms with Gasteiger partial charge in [0.25, 0.3) is 0 Å². The smallest absolute Gasteiger partial charge is 0.303 e. The van der Waals surface area contributed by atoms with Gasteiger partial charge in [0, 0.05) is 30.9 Å². The van der Waals surface area contributed by atoms with Crippen molar-refractivity contribution in [2.75, 3.05) is 24.8 Å². The van der Waals surface area contributed by atoms with Crippen molar-refractivity contribution >= 4 is 30.9 Å². The zero-order valence-electron chi connectivity index (χ0n) is 9.66. The van der Waals surface area contributed by atoms with Gasteiger partial charge in [0.1, 0.15) is 0 Å². The molecule has 7 heteroatoms. The molecule has 3 atom stereocenters. The molecule has 1 aliphatic rings. The molecule has 1 N–H and O–H groups in total. The molecular weight excluding hydrogens is 270 g/mol. The van der Waals surface area contributed by atoms with Crippen molar-refractivity contribution in [2.45, 2.75) is 32.4 Å². The van der Waals surface area contributed by atoms with Crippen molar-refractivity contribution < 1.29 is 9.09 Å². The molecule has 1 rings (SSSR count). The highest BCUT2D eigenvalue weighted by Crippen LogP contribution is 2.51. The molecule has 0 aromatic carbocycles. The second-order valence-corrected chi connectivity index (χ2v) is 6.87. The molecule has 0 aliphatic carbocycles. The van der Waals surface area contributed by atoms with Crippen LogP contribution in [-0.2, 0) is 9.09 Å². The molecule has 16 heavy (non-hydrogen) atoms. The lowest BCUT2D eigenvalue weighted by molar-refractivity contribution is 0.145. The highest BCUT2D eigenvalue weighted by Gasteiger charge is 2.38. The monoisotopic (exact) mass is 288 g/mol. The number of rotatable bonds is 5. The second kappa shape index (κ2) is 6.58. The van der Waals surface area contributed by atoms with Gasteiger partial charge in [-0.05, 0) is 20.3 Å². The van der Waals surface area contributed by atoms with Crippen LogP contribution in [0.4, 0.5) is 0 Å². The molecular formula is C9H19Cl2N2O2P. The summed E-state index contributed by atoms with van der Waals surface area (Å²) in [5.74, 6) is 0.823. The van der Waals surface area contributed by atoms with E-state index in [2.05, 4.69) is 5.09 Å². The van der Waals surface area contributed by atoms with Gasteiger partial charge >= 0.3 is 7.67 Å². The Labute approximate surface area is 107 Å². The van der Waals surface area contributed by atoms with Gasteiger partial charge in [-0.3, -0.25) is 4.57 Å². The summed E-state index contributed by atoms with van der Waals surface area (Å²) >= 11 is 11.4. The Morgan fingerprint density at radius 1 is 1.38 bits per heavy atom. The number of hydrogen-bond donors (Lipinski definition) is 1. The number of hydrogen-bond acceptors (Lipinski definition) is 2. The quantitative estimate of drug-likeness (QED) is 0.624. The summed E-state index contributed by atoms with van der Waals surface area (Å²) in [6.07, 6.45) is 0.856. The van der Waals surface area contributed by atoms with Crippen molar-refractivity contribution in [3.05, 3.63) is 0 Å². The van der Waals surface area contributed by atoms with Gasteiger partial charge < -0.3 is 4.52 Å². The van der Waals surface area contributed by atoms with Crippen LogP contribution >= 0.6 is 30.9 Å². The van der Waals surface area contributed by atoms with Gasteiger partial charge in [-0.25, -0.2) is 9.76 Å². The largest absolute Gasteiger partial charge is 0.343 e. The maximum atomic E-state index is 12.6. The van der Waals surface area contributed by atoms with E-state index in [-0.39, 0.29) is 12.1 Å². The van der Waals surface area contributed by atoms with Crippen LogP contribution < -0.4 is 5.09 Å². The van der Waals surface area contributed by atoms with E-state index in [9.17, 15) is 4.57 Å². The summed E-state index contributed by atoms with van der Waals surface area (Å²) in [5.41, 5.74) is 0. The standard InChI is InChI=1S/C9H19Cl2N2O2P/c1-8-7-9(2)15-16(14,12-8)13(5-3-10)6-4-11/h8-9H,3-7H2,1-2H3,(H,12,14)/t8-,9+,16?/m1/s1. The topological polar surface area (TPSA) is 41.6 Å². The first-order valence-corrected chi connectivity index (χ1v) is 8.10. The van der Waals surface area contributed by atoms with Crippen LogP contribution in [0, 0.1) is 0 Å². The number of alkyl halides is 2. The van der Waals surface area contributed by atoms with Gasteiger partial charge in [-0.1, -0.05) is 0 Å². The van der Waals surface area contributed by atoms with E-state index in [4.69, 9.17) is 27.7 Å². The molecule has 1 unspecified atom stereocenters. The third-order valence-electron chi connectivity index (χ3n) is 2.45. The van der Waals surface area contributed by atoms with E-state index in [0.29, 0.717) is 24.8 Å². The Kier molecular flexibility index (Phi) is 6.06. The minimum Gasteiger partial charge on any atom is -0.303 e. The first kappa shape index (κ1) is 14.7. The van der Waals surface area contributed by atoms with Gasteiger partial charge in [0.05, 0.1) is 6.10 Å². The fourth-order valence-electron chi connectivity index (χ4n) is 1.87. The van der Waals surface area contributed by atoms with Gasteiger partial charge in [0.2, 0.25) is 0 Å². The SMILES string of the molecule is C[C@@H]1C[C@H](C)OP(=O)(N(CCCl)CCCl)N1. The minimum atomic E-state index is -2.95. The van der Waals surface area contributed by atoms with E-state index in [0.717, 1.165) is 6.42 Å². The fourth-order valence-corrected chi connectivity index (χ4v) is 4.83. The van der Waals surface area contributed by atoms with Crippen LogP contribution in [0.2, 0.25) is 0 Å². The van der Waals surface area contributed by atoms with Crippen molar-refractivity contribution in [3.8, 4) is 0 Å². The highest BCUT2D eigenvalue weighted by molar-refractivity contribution is 7.54.